The molecule has 0 unspecified atom stereocenters. The molecule has 0 saturated carbocycles. The van der Waals surface area contributed by atoms with Crippen molar-refractivity contribution >= 4 is 23.4 Å². The summed E-state index contributed by atoms with van der Waals surface area (Å²) in [5.41, 5.74) is 7.08. The Morgan fingerprint density at radius 2 is 1.86 bits per heavy atom. The second-order valence-electron chi connectivity index (χ2n) is 5.53. The van der Waals surface area contributed by atoms with Gasteiger partial charge < -0.3 is 10.6 Å². The van der Waals surface area contributed by atoms with Gasteiger partial charge >= 0.3 is 0 Å². The van der Waals surface area contributed by atoms with E-state index in [4.69, 9.17) is 17.3 Å². The lowest BCUT2D eigenvalue weighted by atomic mass is 9.90. The van der Waals surface area contributed by atoms with Gasteiger partial charge in [-0.3, -0.25) is 0 Å². The normalized spacial score (nSPS) is 16.1. The van der Waals surface area contributed by atoms with Crippen molar-refractivity contribution in [3.8, 4) is 0 Å². The first-order valence-corrected chi connectivity index (χ1v) is 7.67. The smallest absolute Gasteiger partial charge is 0.223 e. The lowest BCUT2D eigenvalue weighted by Crippen LogP contribution is -2.35. The summed E-state index contributed by atoms with van der Waals surface area (Å²) >= 11 is 5.95. The summed E-state index contributed by atoms with van der Waals surface area (Å²) in [5.74, 6) is 1.81. The van der Waals surface area contributed by atoms with Crippen molar-refractivity contribution in [3.05, 3.63) is 47.1 Å². The molecule has 2 heterocycles. The largest absolute Gasteiger partial charge is 0.368 e. The number of nitrogens with two attached hydrogens (primary N) is 1. The summed E-state index contributed by atoms with van der Waals surface area (Å²) in [5, 5.41) is 0.406. The molecule has 1 aliphatic heterocycles. The summed E-state index contributed by atoms with van der Waals surface area (Å²) in [6, 6.07) is 12.5. The number of nitrogen functional groups attached to an aromatic ring is 1. The third-order valence-corrected chi connectivity index (χ3v) is 4.20. The Morgan fingerprint density at radius 1 is 1.14 bits per heavy atom. The van der Waals surface area contributed by atoms with E-state index in [-0.39, 0.29) is 5.95 Å². The van der Waals surface area contributed by atoms with E-state index in [1.165, 1.54) is 5.56 Å². The molecule has 4 nitrogen and oxygen atoms in total. The third-order valence-electron chi connectivity index (χ3n) is 4.00. The number of nitrogens with zero attached hydrogens (tertiary/aromatic N) is 3. The van der Waals surface area contributed by atoms with Crippen LogP contribution in [0.4, 0.5) is 11.8 Å². The molecule has 21 heavy (non-hydrogen) atoms. The summed E-state index contributed by atoms with van der Waals surface area (Å²) in [6.45, 7) is 1.98. The standard InChI is InChI=1S/C16H19ClN4/c17-14-11-15(20-16(18)19-14)21-8-6-13(7-9-21)10-12-4-2-1-3-5-12/h1-5,11,13H,6-10H2,(H2,18,19,20). The maximum absolute atomic E-state index is 5.95. The number of piperidine rings is 1. The molecular formula is C16H19ClN4. The van der Waals surface area contributed by atoms with Crippen molar-refractivity contribution in [2.75, 3.05) is 23.7 Å². The third kappa shape index (κ3) is 3.64. The molecule has 1 aromatic heterocycles. The summed E-state index contributed by atoms with van der Waals surface area (Å²) in [4.78, 5) is 10.4. The number of hydrogen-bond acceptors (Lipinski definition) is 4. The van der Waals surface area contributed by atoms with Crippen molar-refractivity contribution in [2.45, 2.75) is 19.3 Å². The zero-order valence-electron chi connectivity index (χ0n) is 11.9. The summed E-state index contributed by atoms with van der Waals surface area (Å²) in [7, 11) is 0. The molecular weight excluding hydrogens is 284 g/mol. The van der Waals surface area contributed by atoms with E-state index >= 15 is 0 Å². The van der Waals surface area contributed by atoms with Gasteiger partial charge in [0.25, 0.3) is 0 Å². The van der Waals surface area contributed by atoms with E-state index in [1.807, 2.05) is 0 Å². The summed E-state index contributed by atoms with van der Waals surface area (Å²) < 4.78 is 0. The maximum atomic E-state index is 5.95. The van der Waals surface area contributed by atoms with E-state index in [0.29, 0.717) is 5.15 Å². The molecule has 110 valence electrons. The van der Waals surface area contributed by atoms with Crippen LogP contribution in [0.25, 0.3) is 0 Å². The van der Waals surface area contributed by atoms with Gasteiger partial charge in [-0.2, -0.15) is 4.98 Å². The Balaban J connectivity index is 1.60. The molecule has 2 aromatic rings. The first-order valence-electron chi connectivity index (χ1n) is 7.29. The Morgan fingerprint density at radius 3 is 2.52 bits per heavy atom. The zero-order chi connectivity index (χ0) is 14.7. The molecule has 3 rings (SSSR count). The minimum absolute atomic E-state index is 0.240. The number of aromatic nitrogens is 2. The average molecular weight is 303 g/mol. The Hall–Kier alpha value is -1.81. The molecule has 0 radical (unpaired) electrons. The van der Waals surface area contributed by atoms with Gasteiger partial charge in [-0.15, -0.1) is 0 Å². The van der Waals surface area contributed by atoms with Gasteiger partial charge in [-0.1, -0.05) is 41.9 Å². The van der Waals surface area contributed by atoms with Crippen molar-refractivity contribution in [1.29, 1.82) is 0 Å². The lowest BCUT2D eigenvalue weighted by molar-refractivity contribution is 0.402. The van der Waals surface area contributed by atoms with Crippen molar-refractivity contribution in [2.24, 2.45) is 5.92 Å². The van der Waals surface area contributed by atoms with Gasteiger partial charge in [0.15, 0.2) is 0 Å². The first-order chi connectivity index (χ1) is 10.2. The Labute approximate surface area is 130 Å². The molecule has 1 fully saturated rings. The highest BCUT2D eigenvalue weighted by Gasteiger charge is 2.21. The molecule has 5 heteroatoms. The van der Waals surface area contributed by atoms with Crippen molar-refractivity contribution < 1.29 is 0 Å². The number of benzene rings is 1. The number of halogens is 1. The van der Waals surface area contributed by atoms with Crippen molar-refractivity contribution in [1.82, 2.24) is 9.97 Å². The predicted molar refractivity (Wildman–Crippen MR) is 86.5 cm³/mol. The predicted octanol–water partition coefficient (Wildman–Crippen LogP) is 3.17. The molecule has 1 saturated heterocycles. The fourth-order valence-electron chi connectivity index (χ4n) is 2.90. The molecule has 1 aliphatic rings. The van der Waals surface area contributed by atoms with Gasteiger partial charge in [0.2, 0.25) is 5.95 Å². The van der Waals surface area contributed by atoms with Crippen LogP contribution >= 0.6 is 11.6 Å². The molecule has 0 bridgehead atoms. The monoisotopic (exact) mass is 302 g/mol. The minimum Gasteiger partial charge on any atom is -0.368 e. The molecule has 0 spiro atoms. The van der Waals surface area contributed by atoms with Crippen LogP contribution in [0, 0.1) is 5.92 Å². The number of hydrogen-bond donors (Lipinski definition) is 1. The van der Waals surface area contributed by atoms with E-state index in [2.05, 4.69) is 45.2 Å². The van der Waals surface area contributed by atoms with Gasteiger partial charge in [0.05, 0.1) is 0 Å². The van der Waals surface area contributed by atoms with Crippen LogP contribution < -0.4 is 10.6 Å². The van der Waals surface area contributed by atoms with Gasteiger partial charge in [0, 0.05) is 19.2 Å². The fraction of sp³-hybridized carbons (Fsp3) is 0.375. The Kier molecular flexibility index (Phi) is 4.25. The highest BCUT2D eigenvalue weighted by molar-refractivity contribution is 6.29. The topological polar surface area (TPSA) is 55.0 Å². The van der Waals surface area contributed by atoms with E-state index < -0.39 is 0 Å². The van der Waals surface area contributed by atoms with Crippen LogP contribution in [0.1, 0.15) is 18.4 Å². The first kappa shape index (κ1) is 14.1. The maximum Gasteiger partial charge on any atom is 0.223 e. The molecule has 1 aromatic carbocycles. The molecule has 2 N–H and O–H groups in total. The van der Waals surface area contributed by atoms with Gasteiger partial charge in [-0.25, -0.2) is 4.98 Å². The molecule has 0 atom stereocenters. The highest BCUT2D eigenvalue weighted by atomic mass is 35.5. The highest BCUT2D eigenvalue weighted by Crippen LogP contribution is 2.26. The lowest BCUT2D eigenvalue weighted by Gasteiger charge is -2.33. The SMILES string of the molecule is Nc1nc(Cl)cc(N2CCC(Cc3ccccc3)CC2)n1. The van der Waals surface area contributed by atoms with Crippen LogP contribution in [0.3, 0.4) is 0 Å². The second-order valence-corrected chi connectivity index (χ2v) is 5.91. The number of anilines is 2. The van der Waals surface area contributed by atoms with Crippen LogP contribution in [0.15, 0.2) is 36.4 Å². The van der Waals surface area contributed by atoms with Crippen LogP contribution in [-0.4, -0.2) is 23.1 Å². The van der Waals surface area contributed by atoms with Crippen LogP contribution in [0.5, 0.6) is 0 Å². The number of rotatable bonds is 3. The van der Waals surface area contributed by atoms with E-state index in [9.17, 15) is 0 Å². The summed E-state index contributed by atoms with van der Waals surface area (Å²) in [6.07, 6.45) is 3.48. The van der Waals surface area contributed by atoms with Crippen molar-refractivity contribution in [3.63, 3.8) is 0 Å². The molecule has 0 amide bonds. The molecule has 0 aliphatic carbocycles. The average Bonchev–Trinajstić information content (AvgIpc) is 2.48. The van der Waals surface area contributed by atoms with Crippen LogP contribution in [-0.2, 0) is 6.42 Å². The van der Waals surface area contributed by atoms with Crippen LogP contribution in [0.2, 0.25) is 5.15 Å². The quantitative estimate of drug-likeness (QED) is 0.885. The zero-order valence-corrected chi connectivity index (χ0v) is 12.6. The van der Waals surface area contributed by atoms with E-state index in [1.54, 1.807) is 6.07 Å². The minimum atomic E-state index is 0.240. The van der Waals surface area contributed by atoms with Gasteiger partial charge in [0.1, 0.15) is 11.0 Å². The fourth-order valence-corrected chi connectivity index (χ4v) is 3.08. The Bertz CT molecular complexity index is 574. The van der Waals surface area contributed by atoms with Gasteiger partial charge in [-0.05, 0) is 30.7 Å². The second kappa shape index (κ2) is 6.31. The van der Waals surface area contributed by atoms with E-state index in [0.717, 1.165) is 44.1 Å².